The number of rotatable bonds is 7. The van der Waals surface area contributed by atoms with Crippen molar-refractivity contribution < 1.29 is 14.6 Å². The van der Waals surface area contributed by atoms with E-state index in [1.165, 1.54) is 57.2 Å². The van der Waals surface area contributed by atoms with E-state index in [1.54, 1.807) is 0 Å². The van der Waals surface area contributed by atoms with Gasteiger partial charge in [-0.3, -0.25) is 0 Å². The van der Waals surface area contributed by atoms with Crippen LogP contribution in [0.4, 0.5) is 0 Å². The number of methoxy groups -OCH3 is 1. The molecule has 4 heteroatoms. The molecule has 0 radical (unpaired) electrons. The van der Waals surface area contributed by atoms with Gasteiger partial charge in [0, 0.05) is 6.08 Å². The summed E-state index contributed by atoms with van der Waals surface area (Å²) >= 11 is 0. The first-order chi connectivity index (χ1) is 9.97. The monoisotopic (exact) mass is 299 g/mol. The van der Waals surface area contributed by atoms with Gasteiger partial charge in [0.05, 0.1) is 7.11 Å². The summed E-state index contributed by atoms with van der Waals surface area (Å²) in [7, 11) is 5.52. The van der Waals surface area contributed by atoms with Crippen LogP contribution in [-0.4, -0.2) is 43.7 Å². The Bertz CT molecular complexity index is 294. The molecule has 0 unspecified atom stereocenters. The Morgan fingerprint density at radius 3 is 2.24 bits per heavy atom. The van der Waals surface area contributed by atoms with E-state index in [0.717, 1.165) is 0 Å². The molecule has 1 N–H and O–H groups in total. The molecule has 0 fully saturated rings. The molecule has 0 aliphatic carbocycles. The Hall–Kier alpha value is -1.55. The third-order valence-corrected chi connectivity index (χ3v) is 2.12. The van der Waals surface area contributed by atoms with Crippen LogP contribution in [0.3, 0.4) is 0 Å². The minimum absolute atomic E-state index is 0.00477. The lowest BCUT2D eigenvalue weighted by Crippen LogP contribution is -2.12. The third-order valence-electron chi connectivity index (χ3n) is 2.12. The van der Waals surface area contributed by atoms with Gasteiger partial charge in [-0.25, -0.2) is 4.79 Å². The van der Waals surface area contributed by atoms with Gasteiger partial charge in [0.25, 0.3) is 0 Å². The number of nitrogens with zero attached hydrogens (tertiary/aromatic N) is 1. The first-order valence-corrected chi connectivity index (χ1v) is 7.40. The van der Waals surface area contributed by atoms with Gasteiger partial charge in [-0.1, -0.05) is 46.3 Å². The van der Waals surface area contributed by atoms with E-state index in [9.17, 15) is 4.79 Å². The number of esters is 1. The van der Waals surface area contributed by atoms with Gasteiger partial charge < -0.3 is 14.7 Å². The van der Waals surface area contributed by atoms with Gasteiger partial charge >= 0.3 is 5.97 Å². The second-order valence-corrected chi connectivity index (χ2v) is 4.19. The van der Waals surface area contributed by atoms with Gasteiger partial charge in [-0.05, 0) is 39.2 Å². The zero-order valence-corrected chi connectivity index (χ0v) is 14.6. The highest BCUT2D eigenvalue weighted by Gasteiger charge is 1.87. The van der Waals surface area contributed by atoms with Crippen LogP contribution >= 0.6 is 0 Å². The van der Waals surface area contributed by atoms with Gasteiger partial charge in [0.1, 0.15) is 5.76 Å². The van der Waals surface area contributed by atoms with Crippen LogP contribution in [0.1, 0.15) is 40.0 Å². The lowest BCUT2D eigenvalue weighted by Gasteiger charge is -2.06. The van der Waals surface area contributed by atoms with Gasteiger partial charge in [0.15, 0.2) is 0 Å². The van der Waals surface area contributed by atoms with Gasteiger partial charge in [-0.15, -0.1) is 0 Å². The minimum atomic E-state index is -0.460. The van der Waals surface area contributed by atoms with Gasteiger partial charge in [0.2, 0.25) is 0 Å². The van der Waals surface area contributed by atoms with Crippen molar-refractivity contribution in [2.45, 2.75) is 40.0 Å². The van der Waals surface area contributed by atoms with Crippen LogP contribution in [0.5, 0.6) is 0 Å². The highest BCUT2D eigenvalue weighted by molar-refractivity contribution is 5.82. The lowest BCUT2D eigenvalue weighted by molar-refractivity contribution is -0.134. The predicted octanol–water partition coefficient (Wildman–Crippen LogP) is 4.11. The van der Waals surface area contributed by atoms with Crippen LogP contribution in [-0.2, 0) is 9.53 Å². The van der Waals surface area contributed by atoms with Crippen molar-refractivity contribution in [3.63, 3.8) is 0 Å². The number of aliphatic hydroxyl groups excluding tert-OH is 1. The summed E-state index contributed by atoms with van der Waals surface area (Å²) in [4.78, 5) is 12.7. The molecular formula is C17H33NO3. The van der Waals surface area contributed by atoms with Crippen LogP contribution in [0, 0.1) is 0 Å². The smallest absolute Gasteiger partial charge is 0.330 e. The Balaban J connectivity index is -0.000000286. The SMILES string of the molecule is C=C/C(O)=C\C=C\C(=O)OC.CC.CCCCCN(C)C. The van der Waals surface area contributed by atoms with E-state index in [2.05, 4.69) is 37.2 Å². The average molecular weight is 299 g/mol. The topological polar surface area (TPSA) is 49.8 Å². The highest BCUT2D eigenvalue weighted by atomic mass is 16.5. The number of hydrogen-bond acceptors (Lipinski definition) is 4. The summed E-state index contributed by atoms with van der Waals surface area (Å²) in [6.07, 6.45) is 9.23. The van der Waals surface area contributed by atoms with E-state index < -0.39 is 5.97 Å². The number of allylic oxidation sites excluding steroid dienone is 3. The number of hydrogen-bond donors (Lipinski definition) is 1. The van der Waals surface area contributed by atoms with Crippen LogP contribution in [0.25, 0.3) is 0 Å². The van der Waals surface area contributed by atoms with E-state index in [0.29, 0.717) is 0 Å². The van der Waals surface area contributed by atoms with E-state index in [1.807, 2.05) is 13.8 Å². The zero-order chi connectivity index (χ0) is 17.1. The normalized spacial score (nSPS) is 10.3. The quantitative estimate of drug-likeness (QED) is 0.253. The number of carbonyl (C=O) groups excluding carboxylic acids is 1. The fourth-order valence-corrected chi connectivity index (χ4v) is 1.04. The summed E-state index contributed by atoms with van der Waals surface area (Å²) in [6.45, 7) is 10.8. The summed E-state index contributed by atoms with van der Waals surface area (Å²) < 4.78 is 4.30. The van der Waals surface area contributed by atoms with E-state index in [-0.39, 0.29) is 5.76 Å². The highest BCUT2D eigenvalue weighted by Crippen LogP contribution is 1.93. The number of aliphatic hydroxyl groups is 1. The third kappa shape index (κ3) is 27.6. The lowest BCUT2D eigenvalue weighted by atomic mass is 10.2. The molecule has 21 heavy (non-hydrogen) atoms. The molecule has 124 valence electrons. The molecule has 0 atom stereocenters. The first-order valence-electron chi connectivity index (χ1n) is 7.40. The van der Waals surface area contributed by atoms with Gasteiger partial charge in [-0.2, -0.15) is 0 Å². The molecule has 0 aliphatic rings. The van der Waals surface area contributed by atoms with E-state index in [4.69, 9.17) is 5.11 Å². The molecule has 0 heterocycles. The summed E-state index contributed by atoms with van der Waals surface area (Å²) in [5.74, 6) is -0.455. The molecule has 0 spiro atoms. The maximum atomic E-state index is 10.4. The molecule has 0 aliphatic heterocycles. The second kappa shape index (κ2) is 20.8. The molecule has 4 nitrogen and oxygen atoms in total. The molecule has 0 bridgehead atoms. The van der Waals surface area contributed by atoms with Crippen molar-refractivity contribution in [1.29, 1.82) is 0 Å². The van der Waals surface area contributed by atoms with Crippen molar-refractivity contribution in [1.82, 2.24) is 4.90 Å². The molecular weight excluding hydrogens is 266 g/mol. The molecule has 0 amide bonds. The zero-order valence-electron chi connectivity index (χ0n) is 14.6. The van der Waals surface area contributed by atoms with Crippen LogP contribution in [0.15, 0.2) is 36.6 Å². The van der Waals surface area contributed by atoms with Crippen molar-refractivity contribution in [2.75, 3.05) is 27.7 Å². The van der Waals surface area contributed by atoms with Crippen molar-refractivity contribution in [3.8, 4) is 0 Å². The first kappa shape index (κ1) is 24.5. The average Bonchev–Trinajstić information content (AvgIpc) is 2.49. The van der Waals surface area contributed by atoms with Crippen LogP contribution in [0.2, 0.25) is 0 Å². The fraction of sp³-hybridized carbons (Fsp3) is 0.588. The Morgan fingerprint density at radius 2 is 1.86 bits per heavy atom. The fourth-order valence-electron chi connectivity index (χ4n) is 1.04. The van der Waals surface area contributed by atoms with E-state index >= 15 is 0 Å². The summed E-state index contributed by atoms with van der Waals surface area (Å²) in [5.41, 5.74) is 0. The number of unbranched alkanes of at least 4 members (excludes halogenated alkanes) is 2. The summed E-state index contributed by atoms with van der Waals surface area (Å²) in [5, 5.41) is 8.78. The van der Waals surface area contributed by atoms with Crippen molar-refractivity contribution in [3.05, 3.63) is 36.6 Å². The number of ether oxygens (including phenoxy) is 1. The summed E-state index contributed by atoms with van der Waals surface area (Å²) in [6, 6.07) is 0. The molecule has 0 aromatic rings. The number of carbonyl (C=O) groups is 1. The van der Waals surface area contributed by atoms with Crippen molar-refractivity contribution in [2.24, 2.45) is 0 Å². The van der Waals surface area contributed by atoms with Crippen LogP contribution < -0.4 is 0 Å². The molecule has 0 saturated carbocycles. The Kier molecular flexibility index (Phi) is 24.2. The minimum Gasteiger partial charge on any atom is -0.508 e. The van der Waals surface area contributed by atoms with Crippen molar-refractivity contribution >= 4 is 5.97 Å². The standard InChI is InChI=1S/C8H10O3.C7H17N.C2H6/c1-3-7(9)5-4-6-8(10)11-2;1-4-5-6-7-8(2)3;1-2/h3-6,9H,1H2,2H3;4-7H2,1-3H3;1-2H3/b6-4+,7-5+;;. The predicted molar refractivity (Wildman–Crippen MR) is 91.5 cm³/mol. The maximum Gasteiger partial charge on any atom is 0.330 e. The molecule has 0 aromatic heterocycles. The Morgan fingerprint density at radius 1 is 1.29 bits per heavy atom. The maximum absolute atomic E-state index is 10.4. The molecule has 0 rings (SSSR count). The largest absolute Gasteiger partial charge is 0.508 e. The molecule has 0 saturated heterocycles. The molecule has 0 aromatic carbocycles. The second-order valence-electron chi connectivity index (χ2n) is 4.19. The Labute approximate surface area is 130 Å².